The molecule has 0 radical (unpaired) electrons. The molecule has 1 unspecified atom stereocenters. The van der Waals surface area contributed by atoms with Crippen molar-refractivity contribution in [1.29, 1.82) is 0 Å². The summed E-state index contributed by atoms with van der Waals surface area (Å²) in [4.78, 5) is 38.2. The third kappa shape index (κ3) is 57.9. The molecule has 0 heterocycles. The zero-order valence-electron chi connectivity index (χ0n) is 47.2. The number of esters is 3. The summed E-state index contributed by atoms with van der Waals surface area (Å²) in [7, 11) is 0. The van der Waals surface area contributed by atoms with Gasteiger partial charge in [-0.15, -0.1) is 0 Å². The molecule has 0 amide bonds. The van der Waals surface area contributed by atoms with E-state index in [1.807, 2.05) is 0 Å². The molecule has 1 atom stereocenters. The Morgan fingerprint density at radius 3 is 0.831 bits per heavy atom. The summed E-state index contributed by atoms with van der Waals surface area (Å²) < 4.78 is 16.9. The van der Waals surface area contributed by atoms with Crippen molar-refractivity contribution in [3.05, 3.63) is 60.8 Å². The van der Waals surface area contributed by atoms with E-state index in [1.54, 1.807) is 0 Å². The number of hydrogen-bond donors (Lipinski definition) is 0. The van der Waals surface area contributed by atoms with Crippen LogP contribution < -0.4 is 0 Å². The molecule has 6 heteroatoms. The quantitative estimate of drug-likeness (QED) is 0.0261. The first-order valence-electron chi connectivity index (χ1n) is 30.8. The van der Waals surface area contributed by atoms with Crippen LogP contribution in [0.25, 0.3) is 0 Å². The second-order valence-electron chi connectivity index (χ2n) is 20.6. The van der Waals surface area contributed by atoms with Gasteiger partial charge in [0.15, 0.2) is 6.10 Å². The van der Waals surface area contributed by atoms with Gasteiger partial charge in [0.2, 0.25) is 0 Å². The second-order valence-corrected chi connectivity index (χ2v) is 20.6. The molecule has 412 valence electrons. The molecule has 0 aromatic heterocycles. The maximum absolute atomic E-state index is 12.9. The predicted octanol–water partition coefficient (Wildman–Crippen LogP) is 20.8. The number of carbonyl (C=O) groups is 3. The molecule has 71 heavy (non-hydrogen) atoms. The minimum absolute atomic E-state index is 0.0794. The highest BCUT2D eigenvalue weighted by atomic mass is 16.6. The first-order valence-corrected chi connectivity index (χ1v) is 30.8. The van der Waals surface area contributed by atoms with Gasteiger partial charge in [0.05, 0.1) is 0 Å². The zero-order valence-corrected chi connectivity index (χ0v) is 47.2. The van der Waals surface area contributed by atoms with Crippen molar-refractivity contribution in [3.63, 3.8) is 0 Å². The van der Waals surface area contributed by atoms with Gasteiger partial charge >= 0.3 is 17.9 Å². The Bertz CT molecular complexity index is 1280. The summed E-state index contributed by atoms with van der Waals surface area (Å²) in [6.07, 6.45) is 75.0. The van der Waals surface area contributed by atoms with Crippen molar-refractivity contribution in [2.75, 3.05) is 13.2 Å². The van der Waals surface area contributed by atoms with Gasteiger partial charge in [0.25, 0.3) is 0 Å². The Kier molecular flexibility index (Phi) is 57.2. The number of allylic oxidation sites excluding steroid dienone is 10. The van der Waals surface area contributed by atoms with Crippen LogP contribution >= 0.6 is 0 Å². The van der Waals surface area contributed by atoms with Crippen LogP contribution in [0.5, 0.6) is 0 Å². The lowest BCUT2D eigenvalue weighted by atomic mass is 10.1. The summed E-state index contributed by atoms with van der Waals surface area (Å²) in [5.74, 6) is -0.883. The Hall–Kier alpha value is -2.89. The van der Waals surface area contributed by atoms with E-state index < -0.39 is 6.10 Å². The maximum atomic E-state index is 12.9. The van der Waals surface area contributed by atoms with Crippen LogP contribution in [-0.4, -0.2) is 37.2 Å². The molecule has 0 bridgehead atoms. The van der Waals surface area contributed by atoms with E-state index in [4.69, 9.17) is 14.2 Å². The predicted molar refractivity (Wildman–Crippen MR) is 307 cm³/mol. The van der Waals surface area contributed by atoms with Crippen LogP contribution in [0.2, 0.25) is 0 Å². The molecule has 6 nitrogen and oxygen atoms in total. The Labute approximate surface area is 440 Å². The fourth-order valence-corrected chi connectivity index (χ4v) is 8.79. The van der Waals surface area contributed by atoms with Crippen LogP contribution in [-0.2, 0) is 28.6 Å². The molecule has 0 fully saturated rings. The first-order chi connectivity index (χ1) is 35.0. The van der Waals surface area contributed by atoms with Gasteiger partial charge in [-0.1, -0.05) is 248 Å². The molecule has 0 aliphatic rings. The SMILES string of the molecule is CCCCC/C=C\C/C=C\CCCCCCCCCCCC(=O)OC(COC(=O)CCCCCCC/C=C\CCCCCC)COC(=O)CCCCCCCCCCC/C=C\C/C=C\CCCCCCC. The molecule has 0 spiro atoms. The smallest absolute Gasteiger partial charge is 0.306 e. The molecule has 0 N–H and O–H groups in total. The van der Waals surface area contributed by atoms with Crippen molar-refractivity contribution in [2.24, 2.45) is 0 Å². The van der Waals surface area contributed by atoms with Gasteiger partial charge in [-0.2, -0.15) is 0 Å². The molecular weight excluding hydrogens is 877 g/mol. The lowest BCUT2D eigenvalue weighted by molar-refractivity contribution is -0.167. The molecular formula is C65H116O6. The average molecular weight is 994 g/mol. The minimum Gasteiger partial charge on any atom is -0.462 e. The molecule has 0 saturated carbocycles. The summed E-state index contributed by atoms with van der Waals surface area (Å²) in [5.41, 5.74) is 0. The minimum atomic E-state index is -0.782. The molecule has 0 saturated heterocycles. The highest BCUT2D eigenvalue weighted by Crippen LogP contribution is 2.16. The molecule has 0 rings (SSSR count). The Morgan fingerprint density at radius 1 is 0.282 bits per heavy atom. The maximum Gasteiger partial charge on any atom is 0.306 e. The van der Waals surface area contributed by atoms with E-state index in [-0.39, 0.29) is 31.1 Å². The van der Waals surface area contributed by atoms with Crippen molar-refractivity contribution in [3.8, 4) is 0 Å². The van der Waals surface area contributed by atoms with Crippen LogP contribution in [0.15, 0.2) is 60.8 Å². The zero-order chi connectivity index (χ0) is 51.4. The van der Waals surface area contributed by atoms with E-state index in [0.29, 0.717) is 19.3 Å². The van der Waals surface area contributed by atoms with Crippen molar-refractivity contribution in [2.45, 2.75) is 322 Å². The Morgan fingerprint density at radius 2 is 0.507 bits per heavy atom. The van der Waals surface area contributed by atoms with Crippen LogP contribution in [0, 0.1) is 0 Å². The fraction of sp³-hybridized carbons (Fsp3) is 0.800. The number of unbranched alkanes of at least 4 members (excludes halogenated alkanes) is 35. The summed E-state index contributed by atoms with van der Waals surface area (Å²) in [6.45, 7) is 6.61. The van der Waals surface area contributed by atoms with Crippen molar-refractivity contribution >= 4 is 17.9 Å². The summed E-state index contributed by atoms with van der Waals surface area (Å²) in [5, 5.41) is 0. The lowest BCUT2D eigenvalue weighted by Gasteiger charge is -2.18. The van der Waals surface area contributed by atoms with Crippen molar-refractivity contribution < 1.29 is 28.6 Å². The third-order valence-electron chi connectivity index (χ3n) is 13.5. The standard InChI is InChI=1S/C65H116O6/c1-4-7-10-13-16-19-22-25-27-29-31-32-34-35-37-40-43-46-49-52-55-58-64(67)70-61-62(60-69-63(66)57-54-51-48-45-42-39-24-21-18-15-12-9-6-3)71-65(68)59-56-53-50-47-44-41-38-36-33-30-28-26-23-20-17-14-11-8-5-2/h17,20-22,24-26,28-29,31,62H,4-16,18-19,23,27,30,32-61H2,1-3H3/b20-17-,24-21-,25-22-,28-26-,31-29-. The molecule has 0 aliphatic carbocycles. The highest BCUT2D eigenvalue weighted by Gasteiger charge is 2.19. The lowest BCUT2D eigenvalue weighted by Crippen LogP contribution is -2.30. The number of ether oxygens (including phenoxy) is 3. The third-order valence-corrected chi connectivity index (χ3v) is 13.5. The van der Waals surface area contributed by atoms with E-state index >= 15 is 0 Å². The largest absolute Gasteiger partial charge is 0.462 e. The average Bonchev–Trinajstić information content (AvgIpc) is 3.37. The number of carbonyl (C=O) groups excluding carboxylic acids is 3. The van der Waals surface area contributed by atoms with Gasteiger partial charge in [-0.3, -0.25) is 14.4 Å². The van der Waals surface area contributed by atoms with Crippen LogP contribution in [0.3, 0.4) is 0 Å². The monoisotopic (exact) mass is 993 g/mol. The van der Waals surface area contributed by atoms with E-state index in [1.165, 1.54) is 199 Å². The normalized spacial score (nSPS) is 12.4. The molecule has 0 aliphatic heterocycles. The van der Waals surface area contributed by atoms with E-state index in [0.717, 1.165) is 77.0 Å². The van der Waals surface area contributed by atoms with Crippen LogP contribution in [0.1, 0.15) is 316 Å². The molecule has 0 aromatic rings. The fourth-order valence-electron chi connectivity index (χ4n) is 8.79. The summed E-state index contributed by atoms with van der Waals surface area (Å²) >= 11 is 0. The van der Waals surface area contributed by atoms with Gasteiger partial charge in [0, 0.05) is 19.3 Å². The van der Waals surface area contributed by atoms with Gasteiger partial charge in [-0.25, -0.2) is 0 Å². The number of rotatable bonds is 56. The Balaban J connectivity index is 4.34. The topological polar surface area (TPSA) is 78.9 Å². The molecule has 0 aromatic carbocycles. The van der Waals surface area contributed by atoms with Gasteiger partial charge in [-0.05, 0) is 109 Å². The summed E-state index contributed by atoms with van der Waals surface area (Å²) in [6, 6.07) is 0. The van der Waals surface area contributed by atoms with Crippen molar-refractivity contribution in [1.82, 2.24) is 0 Å². The van der Waals surface area contributed by atoms with Crippen LogP contribution in [0.4, 0.5) is 0 Å². The van der Waals surface area contributed by atoms with Gasteiger partial charge < -0.3 is 14.2 Å². The number of hydrogen-bond acceptors (Lipinski definition) is 6. The van der Waals surface area contributed by atoms with Gasteiger partial charge in [0.1, 0.15) is 13.2 Å². The van der Waals surface area contributed by atoms with E-state index in [9.17, 15) is 14.4 Å². The van der Waals surface area contributed by atoms with E-state index in [2.05, 4.69) is 81.5 Å². The second kappa shape index (κ2) is 59.7. The first kappa shape index (κ1) is 68.1. The highest BCUT2D eigenvalue weighted by molar-refractivity contribution is 5.71.